The summed E-state index contributed by atoms with van der Waals surface area (Å²) in [5, 5.41) is 0. The van der Waals surface area contributed by atoms with Crippen LogP contribution in [0.2, 0.25) is 0 Å². The SMILES string of the molecule is CCCC(c1ccccc1)N1CCOC1. The summed E-state index contributed by atoms with van der Waals surface area (Å²) >= 11 is 0. The van der Waals surface area contributed by atoms with Gasteiger partial charge in [0.25, 0.3) is 0 Å². The van der Waals surface area contributed by atoms with Crippen molar-refractivity contribution in [3.8, 4) is 0 Å². The van der Waals surface area contributed by atoms with Crippen LogP contribution in [0.15, 0.2) is 30.3 Å². The van der Waals surface area contributed by atoms with Gasteiger partial charge in [-0.1, -0.05) is 43.7 Å². The number of benzene rings is 1. The Kier molecular flexibility index (Phi) is 3.75. The van der Waals surface area contributed by atoms with Gasteiger partial charge in [0.15, 0.2) is 0 Å². The smallest absolute Gasteiger partial charge is 0.0996 e. The highest BCUT2D eigenvalue weighted by atomic mass is 16.5. The maximum absolute atomic E-state index is 5.43. The molecule has 0 N–H and O–H groups in total. The monoisotopic (exact) mass is 205 g/mol. The zero-order chi connectivity index (χ0) is 10.5. The predicted octanol–water partition coefficient (Wildman–Crippen LogP) is 2.82. The molecule has 2 rings (SSSR count). The van der Waals surface area contributed by atoms with Crippen molar-refractivity contribution in [1.29, 1.82) is 0 Å². The minimum absolute atomic E-state index is 0.540. The molecule has 1 fully saturated rings. The molecular weight excluding hydrogens is 186 g/mol. The molecule has 0 spiro atoms. The number of hydrogen-bond acceptors (Lipinski definition) is 2. The number of nitrogens with zero attached hydrogens (tertiary/aromatic N) is 1. The lowest BCUT2D eigenvalue weighted by Gasteiger charge is -2.26. The highest BCUT2D eigenvalue weighted by molar-refractivity contribution is 5.19. The Labute approximate surface area is 91.9 Å². The van der Waals surface area contributed by atoms with Crippen molar-refractivity contribution in [2.45, 2.75) is 25.8 Å². The highest BCUT2D eigenvalue weighted by Crippen LogP contribution is 2.26. The Bertz CT molecular complexity index is 280. The molecule has 1 unspecified atom stereocenters. The average Bonchev–Trinajstić information content (AvgIpc) is 2.80. The second-order valence-electron chi connectivity index (χ2n) is 4.06. The van der Waals surface area contributed by atoms with Crippen molar-refractivity contribution in [3.05, 3.63) is 35.9 Å². The average molecular weight is 205 g/mol. The summed E-state index contributed by atoms with van der Waals surface area (Å²) in [5.74, 6) is 0. The van der Waals surface area contributed by atoms with Crippen molar-refractivity contribution in [2.75, 3.05) is 19.9 Å². The van der Waals surface area contributed by atoms with E-state index in [1.165, 1.54) is 18.4 Å². The van der Waals surface area contributed by atoms with Crippen molar-refractivity contribution in [1.82, 2.24) is 4.90 Å². The molecule has 0 radical (unpaired) electrons. The molecule has 1 aromatic carbocycles. The van der Waals surface area contributed by atoms with Gasteiger partial charge in [-0.2, -0.15) is 0 Å². The van der Waals surface area contributed by atoms with E-state index in [1.54, 1.807) is 0 Å². The molecule has 82 valence electrons. The van der Waals surface area contributed by atoms with Crippen molar-refractivity contribution in [3.63, 3.8) is 0 Å². The molecule has 0 aromatic heterocycles. The van der Waals surface area contributed by atoms with Gasteiger partial charge >= 0.3 is 0 Å². The van der Waals surface area contributed by atoms with E-state index < -0.39 is 0 Å². The quantitative estimate of drug-likeness (QED) is 0.749. The van der Waals surface area contributed by atoms with Crippen LogP contribution < -0.4 is 0 Å². The number of hydrogen-bond donors (Lipinski definition) is 0. The summed E-state index contributed by atoms with van der Waals surface area (Å²) in [6, 6.07) is 11.3. The van der Waals surface area contributed by atoms with Gasteiger partial charge in [-0.05, 0) is 12.0 Å². The van der Waals surface area contributed by atoms with Crippen LogP contribution in [0.4, 0.5) is 0 Å². The third kappa shape index (κ3) is 2.58. The second-order valence-corrected chi connectivity index (χ2v) is 4.06. The van der Waals surface area contributed by atoms with Crippen molar-refractivity contribution in [2.24, 2.45) is 0 Å². The summed E-state index contributed by atoms with van der Waals surface area (Å²) in [6.45, 7) is 4.99. The Balaban J connectivity index is 2.11. The summed E-state index contributed by atoms with van der Waals surface area (Å²) < 4.78 is 5.43. The van der Waals surface area contributed by atoms with Gasteiger partial charge < -0.3 is 4.74 Å². The molecule has 0 amide bonds. The van der Waals surface area contributed by atoms with Crippen LogP contribution in [0.5, 0.6) is 0 Å². The van der Waals surface area contributed by atoms with E-state index in [-0.39, 0.29) is 0 Å². The van der Waals surface area contributed by atoms with Crippen LogP contribution in [-0.4, -0.2) is 24.8 Å². The Morgan fingerprint density at radius 2 is 2.13 bits per heavy atom. The molecule has 1 aliphatic heterocycles. The third-order valence-corrected chi connectivity index (χ3v) is 2.97. The number of ether oxygens (including phenoxy) is 1. The van der Waals surface area contributed by atoms with E-state index >= 15 is 0 Å². The van der Waals surface area contributed by atoms with E-state index in [0.29, 0.717) is 6.04 Å². The van der Waals surface area contributed by atoms with Gasteiger partial charge in [0.2, 0.25) is 0 Å². The van der Waals surface area contributed by atoms with Gasteiger partial charge in [-0.15, -0.1) is 0 Å². The first-order valence-electron chi connectivity index (χ1n) is 5.78. The molecule has 1 saturated heterocycles. The first kappa shape index (κ1) is 10.7. The second kappa shape index (κ2) is 5.29. The van der Waals surface area contributed by atoms with Crippen molar-refractivity contribution < 1.29 is 4.74 Å². The van der Waals surface area contributed by atoms with E-state index in [2.05, 4.69) is 42.2 Å². The Morgan fingerprint density at radius 3 is 2.73 bits per heavy atom. The molecule has 2 nitrogen and oxygen atoms in total. The van der Waals surface area contributed by atoms with Crippen LogP contribution in [0.25, 0.3) is 0 Å². The summed E-state index contributed by atoms with van der Waals surface area (Å²) in [7, 11) is 0. The number of rotatable bonds is 4. The van der Waals surface area contributed by atoms with Crippen LogP contribution >= 0.6 is 0 Å². The molecule has 15 heavy (non-hydrogen) atoms. The molecule has 2 heteroatoms. The van der Waals surface area contributed by atoms with Crippen LogP contribution in [-0.2, 0) is 4.74 Å². The van der Waals surface area contributed by atoms with Gasteiger partial charge in [-0.3, -0.25) is 4.90 Å². The molecule has 0 saturated carbocycles. The summed E-state index contributed by atoms with van der Waals surface area (Å²) in [5.41, 5.74) is 1.42. The molecular formula is C13H19NO. The largest absolute Gasteiger partial charge is 0.365 e. The lowest BCUT2D eigenvalue weighted by Crippen LogP contribution is -2.26. The molecule has 1 atom stereocenters. The molecule has 0 aliphatic carbocycles. The third-order valence-electron chi connectivity index (χ3n) is 2.97. The Morgan fingerprint density at radius 1 is 1.33 bits per heavy atom. The maximum atomic E-state index is 5.43. The van der Waals surface area contributed by atoms with Crippen LogP contribution in [0.1, 0.15) is 31.4 Å². The highest BCUT2D eigenvalue weighted by Gasteiger charge is 2.22. The normalized spacial score (nSPS) is 19.3. The first-order valence-corrected chi connectivity index (χ1v) is 5.78. The van der Waals surface area contributed by atoms with Gasteiger partial charge in [0, 0.05) is 12.6 Å². The fourth-order valence-electron chi connectivity index (χ4n) is 2.18. The molecule has 1 aromatic rings. The lowest BCUT2D eigenvalue weighted by molar-refractivity contribution is 0.110. The summed E-state index contributed by atoms with van der Waals surface area (Å²) in [6.07, 6.45) is 2.43. The lowest BCUT2D eigenvalue weighted by atomic mass is 10.0. The van der Waals surface area contributed by atoms with E-state index in [1.807, 2.05) is 0 Å². The van der Waals surface area contributed by atoms with Gasteiger partial charge in [0.05, 0.1) is 13.3 Å². The van der Waals surface area contributed by atoms with Crippen LogP contribution in [0, 0.1) is 0 Å². The Hall–Kier alpha value is -0.860. The summed E-state index contributed by atoms with van der Waals surface area (Å²) in [4.78, 5) is 2.43. The molecule has 1 aliphatic rings. The maximum Gasteiger partial charge on any atom is 0.0996 e. The van der Waals surface area contributed by atoms with Crippen LogP contribution in [0.3, 0.4) is 0 Å². The predicted molar refractivity (Wildman–Crippen MR) is 61.6 cm³/mol. The van der Waals surface area contributed by atoms with Crippen molar-refractivity contribution >= 4 is 0 Å². The zero-order valence-electron chi connectivity index (χ0n) is 9.36. The molecule has 0 bridgehead atoms. The fourth-order valence-corrected chi connectivity index (χ4v) is 2.18. The topological polar surface area (TPSA) is 12.5 Å². The van der Waals surface area contributed by atoms with E-state index in [0.717, 1.165) is 19.9 Å². The van der Waals surface area contributed by atoms with E-state index in [9.17, 15) is 0 Å². The standard InChI is InChI=1S/C13H19NO/c1-2-6-13(14-9-10-15-11-14)12-7-4-3-5-8-12/h3-5,7-8,13H,2,6,9-11H2,1H3. The zero-order valence-corrected chi connectivity index (χ0v) is 9.36. The van der Waals surface area contributed by atoms with Gasteiger partial charge in [0.1, 0.15) is 0 Å². The first-order chi connectivity index (χ1) is 7.42. The minimum Gasteiger partial charge on any atom is -0.365 e. The van der Waals surface area contributed by atoms with Gasteiger partial charge in [-0.25, -0.2) is 0 Å². The minimum atomic E-state index is 0.540. The fraction of sp³-hybridized carbons (Fsp3) is 0.538. The molecule has 1 heterocycles. The van der Waals surface area contributed by atoms with E-state index in [4.69, 9.17) is 4.74 Å².